The van der Waals surface area contributed by atoms with Gasteiger partial charge in [0.1, 0.15) is 0 Å². The Labute approximate surface area is 111 Å². The first kappa shape index (κ1) is 11.7. The molecule has 2 aromatic rings. The maximum absolute atomic E-state index is 12.0. The van der Waals surface area contributed by atoms with Crippen LogP contribution in [-0.2, 0) is 0 Å². The summed E-state index contributed by atoms with van der Waals surface area (Å²) >= 11 is 1.64. The molecule has 0 saturated heterocycles. The fourth-order valence-electron chi connectivity index (χ4n) is 2.16. The van der Waals surface area contributed by atoms with E-state index in [0.717, 1.165) is 17.7 Å². The predicted molar refractivity (Wildman–Crippen MR) is 76.3 cm³/mol. The lowest BCUT2D eigenvalue weighted by molar-refractivity contribution is 0.0971. The Kier molecular flexibility index (Phi) is 2.83. The quantitative estimate of drug-likeness (QED) is 0.732. The molecule has 0 spiro atoms. The Morgan fingerprint density at radius 1 is 1.17 bits per heavy atom. The summed E-state index contributed by atoms with van der Waals surface area (Å²) in [6, 6.07) is 10.5. The number of aryl methyl sites for hydroxylation is 2. The van der Waals surface area contributed by atoms with Gasteiger partial charge in [-0.1, -0.05) is 23.8 Å². The molecule has 1 nitrogen and oxygen atoms in total. The Hall–Kier alpha value is -1.41. The van der Waals surface area contributed by atoms with Gasteiger partial charge >= 0.3 is 0 Å². The largest absolute Gasteiger partial charge is 0.293 e. The SMILES string of the molecule is Cc1ccc(C)c(-c2ccc(C(=O)C3CC3)s2)c1. The molecule has 0 unspecified atom stereocenters. The Balaban J connectivity index is 1.97. The highest BCUT2D eigenvalue weighted by molar-refractivity contribution is 7.17. The van der Waals surface area contributed by atoms with Gasteiger partial charge in [-0.25, -0.2) is 0 Å². The van der Waals surface area contributed by atoms with E-state index in [-0.39, 0.29) is 0 Å². The lowest BCUT2D eigenvalue weighted by atomic mass is 10.0. The number of hydrogen-bond donors (Lipinski definition) is 0. The number of Topliss-reactive ketones (excluding diaryl/α,β-unsaturated/α-hetero) is 1. The summed E-state index contributed by atoms with van der Waals surface area (Å²) in [7, 11) is 0. The summed E-state index contributed by atoms with van der Waals surface area (Å²) in [6.07, 6.45) is 2.16. The summed E-state index contributed by atoms with van der Waals surface area (Å²) in [5.74, 6) is 0.659. The van der Waals surface area contributed by atoms with Crippen molar-refractivity contribution < 1.29 is 4.79 Å². The summed E-state index contributed by atoms with van der Waals surface area (Å²) < 4.78 is 0. The molecule has 0 amide bonds. The van der Waals surface area contributed by atoms with Crippen molar-refractivity contribution in [2.75, 3.05) is 0 Å². The second-order valence-electron chi connectivity index (χ2n) is 5.12. The van der Waals surface area contributed by atoms with Crippen LogP contribution >= 0.6 is 11.3 Å². The number of ketones is 1. The van der Waals surface area contributed by atoms with E-state index in [0.29, 0.717) is 11.7 Å². The lowest BCUT2D eigenvalue weighted by Gasteiger charge is -2.04. The minimum Gasteiger partial charge on any atom is -0.293 e. The van der Waals surface area contributed by atoms with Crippen LogP contribution in [0.4, 0.5) is 0 Å². The molecule has 92 valence electrons. The minimum atomic E-state index is 0.315. The number of hydrogen-bond acceptors (Lipinski definition) is 2. The molecule has 0 N–H and O–H groups in total. The second kappa shape index (κ2) is 4.36. The van der Waals surface area contributed by atoms with Crippen LogP contribution in [0, 0.1) is 19.8 Å². The van der Waals surface area contributed by atoms with Gasteiger partial charge in [0.2, 0.25) is 0 Å². The third kappa shape index (κ3) is 2.13. The molecular weight excluding hydrogens is 240 g/mol. The molecule has 1 saturated carbocycles. The third-order valence-corrected chi connectivity index (χ3v) is 4.59. The van der Waals surface area contributed by atoms with Crippen molar-refractivity contribution in [3.05, 3.63) is 46.3 Å². The summed E-state index contributed by atoms with van der Waals surface area (Å²) in [6.45, 7) is 4.23. The average Bonchev–Trinajstić information content (AvgIpc) is 3.09. The molecule has 0 aliphatic heterocycles. The van der Waals surface area contributed by atoms with Crippen molar-refractivity contribution in [3.63, 3.8) is 0 Å². The van der Waals surface area contributed by atoms with Gasteiger partial charge in [-0.05, 0) is 49.9 Å². The molecule has 0 atom stereocenters. The van der Waals surface area contributed by atoms with Crippen LogP contribution in [0.1, 0.15) is 33.6 Å². The van der Waals surface area contributed by atoms with Crippen LogP contribution in [0.25, 0.3) is 10.4 Å². The van der Waals surface area contributed by atoms with Gasteiger partial charge in [-0.15, -0.1) is 11.3 Å². The van der Waals surface area contributed by atoms with E-state index in [9.17, 15) is 4.79 Å². The smallest absolute Gasteiger partial charge is 0.175 e. The highest BCUT2D eigenvalue weighted by atomic mass is 32.1. The molecule has 1 fully saturated rings. The van der Waals surface area contributed by atoms with E-state index in [1.165, 1.54) is 21.6 Å². The predicted octanol–water partition coefficient (Wildman–Crippen LogP) is 4.62. The van der Waals surface area contributed by atoms with Gasteiger partial charge in [0.05, 0.1) is 4.88 Å². The summed E-state index contributed by atoms with van der Waals surface area (Å²) in [4.78, 5) is 14.1. The normalized spacial score (nSPS) is 14.8. The Morgan fingerprint density at radius 2 is 1.94 bits per heavy atom. The zero-order valence-electron chi connectivity index (χ0n) is 10.7. The topological polar surface area (TPSA) is 17.1 Å². The van der Waals surface area contributed by atoms with Gasteiger partial charge < -0.3 is 0 Å². The Bertz CT molecular complexity index is 605. The van der Waals surface area contributed by atoms with E-state index >= 15 is 0 Å². The zero-order chi connectivity index (χ0) is 12.7. The lowest BCUT2D eigenvalue weighted by Crippen LogP contribution is -1.96. The fourth-order valence-corrected chi connectivity index (χ4v) is 3.27. The molecule has 1 aliphatic rings. The standard InChI is InChI=1S/C16H16OS/c1-10-3-4-11(2)13(9-10)14-7-8-15(18-14)16(17)12-5-6-12/h3-4,7-9,12H,5-6H2,1-2H3. The van der Waals surface area contributed by atoms with Crippen LogP contribution in [0.3, 0.4) is 0 Å². The summed E-state index contributed by atoms with van der Waals surface area (Å²) in [5.41, 5.74) is 3.79. The molecule has 0 bridgehead atoms. The van der Waals surface area contributed by atoms with Crippen molar-refractivity contribution in [1.29, 1.82) is 0 Å². The molecule has 1 aromatic heterocycles. The van der Waals surface area contributed by atoms with Crippen LogP contribution in [0.15, 0.2) is 30.3 Å². The number of carbonyl (C=O) groups is 1. The fraction of sp³-hybridized carbons (Fsp3) is 0.312. The first-order chi connectivity index (χ1) is 8.65. The van der Waals surface area contributed by atoms with Gasteiger partial charge in [0.25, 0.3) is 0 Å². The second-order valence-corrected chi connectivity index (χ2v) is 6.20. The van der Waals surface area contributed by atoms with Gasteiger partial charge in [0, 0.05) is 10.8 Å². The molecule has 0 radical (unpaired) electrons. The molecular formula is C16H16OS. The first-order valence-corrected chi connectivity index (χ1v) is 7.18. The average molecular weight is 256 g/mol. The number of carbonyl (C=O) groups excluding carboxylic acids is 1. The van der Waals surface area contributed by atoms with Gasteiger partial charge in [0.15, 0.2) is 5.78 Å². The molecule has 18 heavy (non-hydrogen) atoms. The van der Waals surface area contributed by atoms with Crippen LogP contribution in [0.5, 0.6) is 0 Å². The maximum Gasteiger partial charge on any atom is 0.175 e. The van der Waals surface area contributed by atoms with Crippen molar-refractivity contribution in [3.8, 4) is 10.4 Å². The van der Waals surface area contributed by atoms with Crippen LogP contribution in [0.2, 0.25) is 0 Å². The number of rotatable bonds is 3. The van der Waals surface area contributed by atoms with E-state index in [1.807, 2.05) is 6.07 Å². The van der Waals surface area contributed by atoms with E-state index in [1.54, 1.807) is 11.3 Å². The molecule has 1 heterocycles. The molecule has 3 rings (SSSR count). The highest BCUT2D eigenvalue weighted by Gasteiger charge is 2.31. The van der Waals surface area contributed by atoms with Crippen molar-refractivity contribution >= 4 is 17.1 Å². The third-order valence-electron chi connectivity index (χ3n) is 3.46. The monoisotopic (exact) mass is 256 g/mol. The van der Waals surface area contributed by atoms with Gasteiger partial charge in [-0.3, -0.25) is 4.79 Å². The summed E-state index contributed by atoms with van der Waals surface area (Å²) in [5, 5.41) is 0. The zero-order valence-corrected chi connectivity index (χ0v) is 11.5. The van der Waals surface area contributed by atoms with E-state index < -0.39 is 0 Å². The molecule has 2 heteroatoms. The van der Waals surface area contributed by atoms with Crippen molar-refractivity contribution in [2.45, 2.75) is 26.7 Å². The first-order valence-electron chi connectivity index (χ1n) is 6.37. The van der Waals surface area contributed by atoms with Crippen molar-refractivity contribution in [2.24, 2.45) is 5.92 Å². The maximum atomic E-state index is 12.0. The Morgan fingerprint density at radius 3 is 2.67 bits per heavy atom. The van der Waals surface area contributed by atoms with Crippen molar-refractivity contribution in [1.82, 2.24) is 0 Å². The van der Waals surface area contributed by atoms with Crippen LogP contribution in [-0.4, -0.2) is 5.78 Å². The van der Waals surface area contributed by atoms with Crippen LogP contribution < -0.4 is 0 Å². The molecule has 1 aliphatic carbocycles. The van der Waals surface area contributed by atoms with Gasteiger partial charge in [-0.2, -0.15) is 0 Å². The number of benzene rings is 1. The molecule has 1 aromatic carbocycles. The highest BCUT2D eigenvalue weighted by Crippen LogP contribution is 2.37. The van der Waals surface area contributed by atoms with E-state index in [2.05, 4.69) is 38.1 Å². The van der Waals surface area contributed by atoms with E-state index in [4.69, 9.17) is 0 Å². The number of thiophene rings is 1. The minimum absolute atomic E-state index is 0.315.